The van der Waals surface area contributed by atoms with Crippen LogP contribution in [0.1, 0.15) is 15.9 Å². The normalized spacial score (nSPS) is 10.7. The van der Waals surface area contributed by atoms with Crippen LogP contribution < -0.4 is 10.6 Å². The number of nitrogens with one attached hydrogen (secondary N) is 2. The summed E-state index contributed by atoms with van der Waals surface area (Å²) in [6.07, 6.45) is 0. The van der Waals surface area contributed by atoms with Crippen LogP contribution in [0.15, 0.2) is 36.4 Å². The Bertz CT molecular complexity index is 1030. The number of halogens is 1. The zero-order valence-corrected chi connectivity index (χ0v) is 16.6. The van der Waals surface area contributed by atoms with E-state index < -0.39 is 0 Å². The van der Waals surface area contributed by atoms with Gasteiger partial charge in [-0.1, -0.05) is 22.9 Å². The molecule has 1 heterocycles. The van der Waals surface area contributed by atoms with Crippen molar-refractivity contribution in [3.8, 4) is 0 Å². The minimum atomic E-state index is -0.330. The lowest BCUT2D eigenvalue weighted by molar-refractivity contribution is 0.0827. The van der Waals surface area contributed by atoms with Crippen LogP contribution in [0.3, 0.4) is 0 Å². The van der Waals surface area contributed by atoms with Gasteiger partial charge in [0.15, 0.2) is 0 Å². The minimum Gasteiger partial charge on any atom is -0.345 e. The Labute approximate surface area is 167 Å². The molecule has 28 heavy (non-hydrogen) atoms. The van der Waals surface area contributed by atoms with E-state index >= 15 is 0 Å². The molecule has 0 bridgehead atoms. The van der Waals surface area contributed by atoms with Crippen LogP contribution in [0.5, 0.6) is 0 Å². The molecule has 1 aromatic heterocycles. The van der Waals surface area contributed by atoms with Gasteiger partial charge in [0.25, 0.3) is 5.91 Å². The van der Waals surface area contributed by atoms with Crippen LogP contribution in [0, 0.1) is 6.92 Å². The highest BCUT2D eigenvalue weighted by atomic mass is 35.5. The standard InChI is InChI=1S/C19H21ClN6O2/c1-12-4-6-14(11-15(12)20)22-19(28)21-8-9-26-17-7-5-13(18(27)25(2)3)10-16(17)23-24-26/h4-7,10-11H,8-9H2,1-3H3,(H2,21,22,28). The van der Waals surface area contributed by atoms with E-state index in [0.29, 0.717) is 34.9 Å². The van der Waals surface area contributed by atoms with Crippen LogP contribution in [0.2, 0.25) is 5.02 Å². The van der Waals surface area contributed by atoms with E-state index in [-0.39, 0.29) is 11.9 Å². The molecule has 0 radical (unpaired) electrons. The molecule has 8 nitrogen and oxygen atoms in total. The molecule has 0 saturated heterocycles. The summed E-state index contributed by atoms with van der Waals surface area (Å²) in [4.78, 5) is 25.6. The van der Waals surface area contributed by atoms with E-state index in [4.69, 9.17) is 11.6 Å². The number of hydrogen-bond acceptors (Lipinski definition) is 4. The molecule has 0 saturated carbocycles. The Morgan fingerprint density at radius 3 is 2.68 bits per heavy atom. The molecule has 0 fully saturated rings. The monoisotopic (exact) mass is 400 g/mol. The van der Waals surface area contributed by atoms with Gasteiger partial charge < -0.3 is 15.5 Å². The van der Waals surface area contributed by atoms with Crippen molar-refractivity contribution in [1.29, 1.82) is 0 Å². The number of nitrogens with zero attached hydrogens (tertiary/aromatic N) is 4. The zero-order valence-electron chi connectivity index (χ0n) is 15.9. The number of rotatable bonds is 5. The van der Waals surface area contributed by atoms with Gasteiger partial charge in [-0.05, 0) is 42.8 Å². The van der Waals surface area contributed by atoms with Crippen LogP contribution in [-0.2, 0) is 6.54 Å². The fourth-order valence-electron chi connectivity index (χ4n) is 2.65. The van der Waals surface area contributed by atoms with Crippen molar-refractivity contribution in [2.24, 2.45) is 0 Å². The second kappa shape index (κ2) is 8.26. The third kappa shape index (κ3) is 4.40. The Hall–Kier alpha value is -3.13. The molecule has 3 aromatic rings. The largest absolute Gasteiger partial charge is 0.345 e. The minimum absolute atomic E-state index is 0.0917. The van der Waals surface area contributed by atoms with Gasteiger partial charge in [-0.15, -0.1) is 5.10 Å². The number of aromatic nitrogens is 3. The second-order valence-corrected chi connectivity index (χ2v) is 6.97. The Morgan fingerprint density at radius 1 is 1.18 bits per heavy atom. The predicted molar refractivity (Wildman–Crippen MR) is 109 cm³/mol. The molecule has 0 unspecified atom stereocenters. The molecule has 0 aliphatic carbocycles. The van der Waals surface area contributed by atoms with Crippen molar-refractivity contribution in [3.05, 3.63) is 52.5 Å². The van der Waals surface area contributed by atoms with Crippen molar-refractivity contribution in [2.75, 3.05) is 26.0 Å². The molecule has 0 spiro atoms. The van der Waals surface area contributed by atoms with Crippen molar-refractivity contribution in [3.63, 3.8) is 0 Å². The molecule has 2 aromatic carbocycles. The first-order valence-corrected chi connectivity index (χ1v) is 9.09. The molecule has 146 valence electrons. The lowest BCUT2D eigenvalue weighted by Gasteiger charge is -2.10. The molecular weight excluding hydrogens is 380 g/mol. The summed E-state index contributed by atoms with van der Waals surface area (Å²) in [6.45, 7) is 2.70. The van der Waals surface area contributed by atoms with Gasteiger partial charge in [0.05, 0.1) is 12.1 Å². The molecule has 0 aliphatic rings. The van der Waals surface area contributed by atoms with Crippen LogP contribution in [-0.4, -0.2) is 52.5 Å². The topological polar surface area (TPSA) is 92.1 Å². The highest BCUT2D eigenvalue weighted by Gasteiger charge is 2.12. The molecule has 3 amide bonds. The number of hydrogen-bond donors (Lipinski definition) is 2. The van der Waals surface area contributed by atoms with Gasteiger partial charge in [0.2, 0.25) is 0 Å². The predicted octanol–water partition coefficient (Wildman–Crippen LogP) is 2.92. The van der Waals surface area contributed by atoms with E-state index in [1.54, 1.807) is 49.1 Å². The number of urea groups is 1. The summed E-state index contributed by atoms with van der Waals surface area (Å²) >= 11 is 6.06. The number of amides is 3. The maximum absolute atomic E-state index is 12.0. The van der Waals surface area contributed by atoms with Crippen molar-refractivity contribution in [2.45, 2.75) is 13.5 Å². The third-order valence-electron chi connectivity index (χ3n) is 4.21. The Balaban J connectivity index is 1.58. The average molecular weight is 401 g/mol. The highest BCUT2D eigenvalue weighted by Crippen LogP contribution is 2.19. The first kappa shape index (κ1) is 19.6. The summed E-state index contributed by atoms with van der Waals surface area (Å²) in [6, 6.07) is 10.3. The summed E-state index contributed by atoms with van der Waals surface area (Å²) in [5, 5.41) is 14.3. The Kier molecular flexibility index (Phi) is 5.79. The quantitative estimate of drug-likeness (QED) is 0.688. The third-order valence-corrected chi connectivity index (χ3v) is 4.61. The van der Waals surface area contributed by atoms with Gasteiger partial charge in [-0.25, -0.2) is 9.48 Å². The molecule has 0 atom stereocenters. The molecule has 3 rings (SSSR count). The molecule has 2 N–H and O–H groups in total. The smallest absolute Gasteiger partial charge is 0.319 e. The van der Waals surface area contributed by atoms with Crippen molar-refractivity contribution >= 4 is 40.3 Å². The fraction of sp³-hybridized carbons (Fsp3) is 0.263. The maximum Gasteiger partial charge on any atom is 0.319 e. The second-order valence-electron chi connectivity index (χ2n) is 6.56. The van der Waals surface area contributed by atoms with E-state index in [0.717, 1.165) is 11.1 Å². The van der Waals surface area contributed by atoms with E-state index in [9.17, 15) is 9.59 Å². The van der Waals surface area contributed by atoms with Gasteiger partial charge in [0.1, 0.15) is 5.52 Å². The lowest BCUT2D eigenvalue weighted by Crippen LogP contribution is -2.31. The fourth-order valence-corrected chi connectivity index (χ4v) is 2.83. The number of anilines is 1. The van der Waals surface area contributed by atoms with Gasteiger partial charge in [0, 0.05) is 36.9 Å². The van der Waals surface area contributed by atoms with E-state index in [2.05, 4.69) is 20.9 Å². The summed E-state index contributed by atoms with van der Waals surface area (Å²) in [7, 11) is 3.40. The van der Waals surface area contributed by atoms with E-state index in [1.165, 1.54) is 4.90 Å². The molecule has 0 aliphatic heterocycles. The summed E-state index contributed by atoms with van der Waals surface area (Å²) < 4.78 is 1.68. The van der Waals surface area contributed by atoms with Crippen LogP contribution in [0.4, 0.5) is 10.5 Å². The van der Waals surface area contributed by atoms with Crippen LogP contribution >= 0.6 is 11.6 Å². The van der Waals surface area contributed by atoms with Crippen LogP contribution in [0.25, 0.3) is 11.0 Å². The lowest BCUT2D eigenvalue weighted by atomic mass is 10.2. The summed E-state index contributed by atoms with van der Waals surface area (Å²) in [5.41, 5.74) is 3.55. The maximum atomic E-state index is 12.0. The van der Waals surface area contributed by atoms with Gasteiger partial charge >= 0.3 is 6.03 Å². The Morgan fingerprint density at radius 2 is 1.96 bits per heavy atom. The van der Waals surface area contributed by atoms with Gasteiger partial charge in [-0.3, -0.25) is 4.79 Å². The number of fused-ring (bicyclic) bond motifs is 1. The first-order chi connectivity index (χ1) is 13.3. The van der Waals surface area contributed by atoms with Gasteiger partial charge in [-0.2, -0.15) is 0 Å². The average Bonchev–Trinajstić information content (AvgIpc) is 3.06. The highest BCUT2D eigenvalue weighted by molar-refractivity contribution is 6.31. The first-order valence-electron chi connectivity index (χ1n) is 8.71. The summed E-state index contributed by atoms with van der Waals surface area (Å²) in [5.74, 6) is -0.0917. The SMILES string of the molecule is Cc1ccc(NC(=O)NCCn2nnc3cc(C(=O)N(C)C)ccc32)cc1Cl. The molecule has 9 heteroatoms. The number of benzene rings is 2. The molecular formula is C19H21ClN6O2. The number of carbonyl (C=O) groups is 2. The zero-order chi connectivity index (χ0) is 20.3. The van der Waals surface area contributed by atoms with E-state index in [1.807, 2.05) is 13.0 Å². The number of aryl methyl sites for hydroxylation is 1. The van der Waals surface area contributed by atoms with Crippen molar-refractivity contribution < 1.29 is 9.59 Å². The van der Waals surface area contributed by atoms with Crippen molar-refractivity contribution in [1.82, 2.24) is 25.2 Å². The number of carbonyl (C=O) groups excluding carboxylic acids is 2.